The lowest BCUT2D eigenvalue weighted by atomic mass is 9.89. The highest BCUT2D eigenvalue weighted by molar-refractivity contribution is 6.30. The van der Waals surface area contributed by atoms with Crippen molar-refractivity contribution in [3.05, 3.63) is 70.2 Å². The first-order valence-electron chi connectivity index (χ1n) is 12.1. The van der Waals surface area contributed by atoms with E-state index in [1.807, 2.05) is 36.4 Å². The third-order valence-corrected chi connectivity index (χ3v) is 7.14. The molecule has 0 saturated heterocycles. The van der Waals surface area contributed by atoms with Gasteiger partial charge >= 0.3 is 12.1 Å². The monoisotopic (exact) mass is 497 g/mol. The maximum atomic E-state index is 13.5. The van der Waals surface area contributed by atoms with Gasteiger partial charge in [0.1, 0.15) is 5.60 Å². The molecule has 0 aromatic heterocycles. The Bertz CT molecular complexity index is 1110. The van der Waals surface area contributed by atoms with Crippen LogP contribution in [0.25, 0.3) is 0 Å². The number of rotatable bonds is 7. The van der Waals surface area contributed by atoms with Gasteiger partial charge in [0.25, 0.3) is 0 Å². The maximum absolute atomic E-state index is 13.5. The summed E-state index contributed by atoms with van der Waals surface area (Å²) in [4.78, 5) is 40.0. The number of fused-ring (bicyclic) bond motifs is 1. The number of carbonyl (C=O) groups excluding carboxylic acids is 2. The molecular weight excluding hydrogens is 466 g/mol. The molecule has 186 valence electrons. The summed E-state index contributed by atoms with van der Waals surface area (Å²) in [5.74, 6) is -1.48. The smallest absolute Gasteiger partial charge is 0.411 e. The zero-order valence-electron chi connectivity index (χ0n) is 20.4. The number of Topliss-reactive ketones (excluding diaryl/α,β-unsaturated/α-hetero) is 1. The summed E-state index contributed by atoms with van der Waals surface area (Å²) in [6.45, 7) is 5.74. The van der Waals surface area contributed by atoms with Crippen LogP contribution in [0.2, 0.25) is 5.02 Å². The van der Waals surface area contributed by atoms with Crippen molar-refractivity contribution in [1.29, 1.82) is 0 Å². The van der Waals surface area contributed by atoms with Gasteiger partial charge in [-0.1, -0.05) is 48.0 Å². The van der Waals surface area contributed by atoms with Crippen molar-refractivity contribution in [3.63, 3.8) is 0 Å². The first-order chi connectivity index (χ1) is 16.5. The van der Waals surface area contributed by atoms with Gasteiger partial charge in [-0.05, 0) is 74.3 Å². The average molecular weight is 498 g/mol. The average Bonchev–Trinajstić information content (AvgIpc) is 3.54. The molecule has 2 aromatic rings. The van der Waals surface area contributed by atoms with Crippen LogP contribution < -0.4 is 0 Å². The van der Waals surface area contributed by atoms with Crippen molar-refractivity contribution < 1.29 is 24.2 Å². The van der Waals surface area contributed by atoms with E-state index in [0.717, 1.165) is 16.7 Å². The van der Waals surface area contributed by atoms with E-state index in [-0.39, 0.29) is 24.0 Å². The van der Waals surface area contributed by atoms with Gasteiger partial charge in [0.05, 0.1) is 18.5 Å². The van der Waals surface area contributed by atoms with Crippen LogP contribution in [0.15, 0.2) is 48.5 Å². The molecule has 1 saturated carbocycles. The van der Waals surface area contributed by atoms with Gasteiger partial charge in [0.2, 0.25) is 0 Å². The molecule has 2 aliphatic rings. The van der Waals surface area contributed by atoms with E-state index in [9.17, 15) is 19.5 Å². The Morgan fingerprint density at radius 2 is 1.74 bits per heavy atom. The standard InChI is InChI=1S/C28H32ClNO5/c1-28(2,3)35-27(34)30-16-19-7-5-4-6-18(19)14-24(30)25(31)15-20-13-22(20)23(26(32)33)12-17-8-10-21(29)11-9-17/h4-11,20,22-24H,12-16H2,1-3H3,(H,32,33)/t20?,22?,23-,24-/m0/s1. The molecule has 1 fully saturated rings. The van der Waals surface area contributed by atoms with Crippen LogP contribution in [0.4, 0.5) is 4.79 Å². The fourth-order valence-electron chi connectivity index (χ4n) is 5.01. The van der Waals surface area contributed by atoms with E-state index in [4.69, 9.17) is 16.3 Å². The number of carbonyl (C=O) groups is 3. The fourth-order valence-corrected chi connectivity index (χ4v) is 5.14. The van der Waals surface area contributed by atoms with Crippen molar-refractivity contribution in [3.8, 4) is 0 Å². The van der Waals surface area contributed by atoms with Gasteiger partial charge in [-0.3, -0.25) is 14.5 Å². The summed E-state index contributed by atoms with van der Waals surface area (Å²) in [6.07, 6.45) is 1.32. The van der Waals surface area contributed by atoms with Crippen LogP contribution in [-0.4, -0.2) is 39.5 Å². The maximum Gasteiger partial charge on any atom is 0.411 e. The molecule has 1 N–H and O–H groups in total. The summed E-state index contributed by atoms with van der Waals surface area (Å²) in [5.41, 5.74) is 2.32. The highest BCUT2D eigenvalue weighted by atomic mass is 35.5. The fraction of sp³-hybridized carbons (Fsp3) is 0.464. The summed E-state index contributed by atoms with van der Waals surface area (Å²) in [5, 5.41) is 10.5. The van der Waals surface area contributed by atoms with Crippen LogP contribution in [0.3, 0.4) is 0 Å². The molecule has 1 aliphatic carbocycles. The third-order valence-electron chi connectivity index (χ3n) is 6.89. The van der Waals surface area contributed by atoms with E-state index in [2.05, 4.69) is 0 Å². The second-order valence-electron chi connectivity index (χ2n) is 10.7. The SMILES string of the molecule is CC(C)(C)OC(=O)N1Cc2ccccc2C[C@H]1C(=O)CC1CC1[C@H](Cc1ccc(Cl)cc1)C(=O)O. The lowest BCUT2D eigenvalue weighted by Gasteiger charge is -2.37. The molecule has 1 aliphatic heterocycles. The normalized spacial score (nSPS) is 22.2. The molecule has 6 nitrogen and oxygen atoms in total. The zero-order chi connectivity index (χ0) is 25.3. The first kappa shape index (κ1) is 25.2. The predicted octanol–water partition coefficient (Wildman–Crippen LogP) is 5.54. The number of carboxylic acid groups (broad SMARTS) is 1. The van der Waals surface area contributed by atoms with Crippen LogP contribution in [-0.2, 0) is 33.7 Å². The van der Waals surface area contributed by atoms with Crippen LogP contribution >= 0.6 is 11.6 Å². The molecule has 1 amide bonds. The number of amides is 1. The molecule has 35 heavy (non-hydrogen) atoms. The molecule has 0 bridgehead atoms. The second-order valence-corrected chi connectivity index (χ2v) is 11.1. The Morgan fingerprint density at radius 3 is 2.37 bits per heavy atom. The largest absolute Gasteiger partial charge is 0.481 e. The Kier molecular flexibility index (Phi) is 7.22. The van der Waals surface area contributed by atoms with Crippen LogP contribution in [0.1, 0.15) is 50.3 Å². The number of halogens is 1. The van der Waals surface area contributed by atoms with E-state index in [1.165, 1.54) is 4.90 Å². The summed E-state index contributed by atoms with van der Waals surface area (Å²) >= 11 is 5.95. The molecule has 0 spiro atoms. The van der Waals surface area contributed by atoms with Gasteiger partial charge in [0, 0.05) is 17.9 Å². The molecule has 4 atom stereocenters. The van der Waals surface area contributed by atoms with Gasteiger partial charge in [-0.2, -0.15) is 0 Å². The van der Waals surface area contributed by atoms with Gasteiger partial charge < -0.3 is 9.84 Å². The van der Waals surface area contributed by atoms with Crippen molar-refractivity contribution in [2.24, 2.45) is 17.8 Å². The minimum atomic E-state index is -0.845. The lowest BCUT2D eigenvalue weighted by molar-refractivity contribution is -0.142. The number of ether oxygens (including phenoxy) is 1. The third kappa shape index (κ3) is 6.23. The number of hydrogen-bond donors (Lipinski definition) is 1. The van der Waals surface area contributed by atoms with E-state index < -0.39 is 29.6 Å². The minimum Gasteiger partial charge on any atom is -0.481 e. The number of hydrogen-bond acceptors (Lipinski definition) is 4. The number of aliphatic carboxylic acids is 1. The Balaban J connectivity index is 1.45. The molecule has 0 radical (unpaired) electrons. The Morgan fingerprint density at radius 1 is 1.09 bits per heavy atom. The van der Waals surface area contributed by atoms with Gasteiger partial charge in [-0.25, -0.2) is 4.79 Å². The summed E-state index contributed by atoms with van der Waals surface area (Å²) in [7, 11) is 0. The summed E-state index contributed by atoms with van der Waals surface area (Å²) < 4.78 is 5.61. The van der Waals surface area contributed by atoms with E-state index in [1.54, 1.807) is 32.9 Å². The first-order valence-corrected chi connectivity index (χ1v) is 12.5. The molecule has 2 unspecified atom stereocenters. The van der Waals surface area contributed by atoms with Gasteiger partial charge in [0.15, 0.2) is 5.78 Å². The highest BCUT2D eigenvalue weighted by Crippen LogP contribution is 2.48. The molecule has 2 aromatic carbocycles. The topological polar surface area (TPSA) is 83.9 Å². The molecule has 1 heterocycles. The second kappa shape index (κ2) is 10.0. The molecule has 7 heteroatoms. The van der Waals surface area contributed by atoms with Crippen LogP contribution in [0, 0.1) is 17.8 Å². The number of carboxylic acids is 1. The minimum absolute atomic E-state index is 0.00792. The predicted molar refractivity (Wildman–Crippen MR) is 133 cm³/mol. The quantitative estimate of drug-likeness (QED) is 0.543. The Hall–Kier alpha value is -2.86. The van der Waals surface area contributed by atoms with Crippen molar-refractivity contribution in [2.45, 2.75) is 64.6 Å². The van der Waals surface area contributed by atoms with Crippen molar-refractivity contribution in [1.82, 2.24) is 4.90 Å². The number of benzene rings is 2. The number of nitrogens with zero attached hydrogens (tertiary/aromatic N) is 1. The van der Waals surface area contributed by atoms with Crippen molar-refractivity contribution in [2.75, 3.05) is 0 Å². The van der Waals surface area contributed by atoms with E-state index >= 15 is 0 Å². The van der Waals surface area contributed by atoms with Gasteiger partial charge in [-0.15, -0.1) is 0 Å². The van der Waals surface area contributed by atoms with Crippen molar-refractivity contribution >= 4 is 29.4 Å². The summed E-state index contributed by atoms with van der Waals surface area (Å²) in [6, 6.07) is 14.4. The van der Waals surface area contributed by atoms with E-state index in [0.29, 0.717) is 30.8 Å². The highest BCUT2D eigenvalue weighted by Gasteiger charge is 2.48. The number of ketones is 1. The molecular formula is C28H32ClNO5. The zero-order valence-corrected chi connectivity index (χ0v) is 21.1. The Labute approximate surface area is 211 Å². The lowest BCUT2D eigenvalue weighted by Crippen LogP contribution is -2.50. The molecule has 4 rings (SSSR count). The van der Waals surface area contributed by atoms with Crippen LogP contribution in [0.5, 0.6) is 0 Å².